The molecule has 2 amide bonds. The van der Waals surface area contributed by atoms with Crippen LogP contribution in [-0.2, 0) is 14.3 Å². The molecule has 7 nitrogen and oxygen atoms in total. The highest BCUT2D eigenvalue weighted by Gasteiger charge is 2.23. The highest BCUT2D eigenvalue weighted by molar-refractivity contribution is 5.81. The number of esters is 1. The number of nitrogens with zero attached hydrogens (tertiary/aromatic N) is 1. The number of amides is 2. The van der Waals surface area contributed by atoms with E-state index in [9.17, 15) is 14.4 Å². The van der Waals surface area contributed by atoms with Gasteiger partial charge in [0.1, 0.15) is 6.54 Å². The maximum atomic E-state index is 12.1. The lowest BCUT2D eigenvalue weighted by molar-refractivity contribution is -0.142. The second-order valence-electron chi connectivity index (χ2n) is 4.83. The lowest BCUT2D eigenvalue weighted by Crippen LogP contribution is -2.50. The first-order chi connectivity index (χ1) is 9.31. The predicted molar refractivity (Wildman–Crippen MR) is 73.3 cm³/mol. The number of hydrogen-bond acceptors (Lipinski definition) is 4. The minimum absolute atomic E-state index is 0.135. The highest BCUT2D eigenvalue weighted by atomic mass is 16.5. The average molecular weight is 288 g/mol. The molecule has 0 bridgehead atoms. The largest absolute Gasteiger partial charge is 0.481 e. The maximum Gasteiger partial charge on any atom is 0.325 e. The van der Waals surface area contributed by atoms with Crippen molar-refractivity contribution in [3.63, 3.8) is 0 Å². The van der Waals surface area contributed by atoms with Crippen LogP contribution in [-0.4, -0.2) is 53.7 Å². The first kappa shape index (κ1) is 18.2. The molecule has 0 aromatic rings. The molecule has 20 heavy (non-hydrogen) atoms. The Morgan fingerprint density at radius 3 is 2.30 bits per heavy atom. The van der Waals surface area contributed by atoms with Crippen molar-refractivity contribution in [2.75, 3.05) is 13.7 Å². The van der Waals surface area contributed by atoms with Crippen molar-refractivity contribution in [1.29, 1.82) is 0 Å². The van der Waals surface area contributed by atoms with Gasteiger partial charge in [-0.2, -0.15) is 0 Å². The van der Waals surface area contributed by atoms with Crippen LogP contribution in [0.3, 0.4) is 0 Å². The van der Waals surface area contributed by atoms with Crippen molar-refractivity contribution in [1.82, 2.24) is 10.2 Å². The molecular formula is C13H24N2O5. The van der Waals surface area contributed by atoms with Gasteiger partial charge in [0.2, 0.25) is 0 Å². The van der Waals surface area contributed by atoms with E-state index in [1.807, 2.05) is 6.92 Å². The molecule has 0 spiro atoms. The van der Waals surface area contributed by atoms with Crippen molar-refractivity contribution >= 4 is 18.0 Å². The van der Waals surface area contributed by atoms with E-state index in [0.29, 0.717) is 6.42 Å². The van der Waals surface area contributed by atoms with E-state index in [0.717, 1.165) is 6.42 Å². The molecule has 0 fully saturated rings. The van der Waals surface area contributed by atoms with Crippen molar-refractivity contribution < 1.29 is 24.2 Å². The van der Waals surface area contributed by atoms with Crippen LogP contribution >= 0.6 is 0 Å². The zero-order chi connectivity index (χ0) is 15.7. The van der Waals surface area contributed by atoms with Gasteiger partial charge >= 0.3 is 18.0 Å². The van der Waals surface area contributed by atoms with Gasteiger partial charge in [0.15, 0.2) is 0 Å². The van der Waals surface area contributed by atoms with E-state index < -0.39 is 24.0 Å². The molecule has 0 rings (SSSR count). The monoisotopic (exact) mass is 288 g/mol. The van der Waals surface area contributed by atoms with Gasteiger partial charge in [0, 0.05) is 12.1 Å². The number of carboxylic acid groups (broad SMARTS) is 1. The molecule has 0 heterocycles. The SMILES string of the molecule is CCCC(CC(=O)O)NC(=O)N(CC(=O)OC)C(C)C. The number of aliphatic carboxylic acids is 1. The number of ether oxygens (including phenoxy) is 1. The van der Waals surface area contributed by atoms with E-state index in [1.54, 1.807) is 13.8 Å². The predicted octanol–water partition coefficient (Wildman–Crippen LogP) is 1.22. The van der Waals surface area contributed by atoms with Gasteiger partial charge in [-0.3, -0.25) is 9.59 Å². The molecule has 0 aromatic carbocycles. The van der Waals surface area contributed by atoms with E-state index in [-0.39, 0.29) is 19.0 Å². The zero-order valence-corrected chi connectivity index (χ0v) is 12.5. The number of carbonyl (C=O) groups is 3. The summed E-state index contributed by atoms with van der Waals surface area (Å²) in [6.45, 7) is 5.30. The number of urea groups is 1. The Morgan fingerprint density at radius 2 is 1.90 bits per heavy atom. The van der Waals surface area contributed by atoms with Crippen LogP contribution in [0.4, 0.5) is 4.79 Å². The maximum absolute atomic E-state index is 12.1. The number of carboxylic acids is 1. The summed E-state index contributed by atoms with van der Waals surface area (Å²) in [5.41, 5.74) is 0. The Kier molecular flexibility index (Phi) is 8.35. The number of carbonyl (C=O) groups excluding carboxylic acids is 2. The number of hydrogen-bond donors (Lipinski definition) is 2. The third kappa shape index (κ3) is 6.96. The van der Waals surface area contributed by atoms with Crippen molar-refractivity contribution in [3.8, 4) is 0 Å². The standard InChI is InChI=1S/C13H24N2O5/c1-5-6-10(7-11(16)17)14-13(19)15(9(2)3)8-12(18)20-4/h9-10H,5-8H2,1-4H3,(H,14,19)(H,16,17). The van der Waals surface area contributed by atoms with Crippen LogP contribution in [0.5, 0.6) is 0 Å². The molecule has 0 saturated carbocycles. The molecule has 0 aromatic heterocycles. The second kappa shape index (κ2) is 9.17. The average Bonchev–Trinajstić information content (AvgIpc) is 2.34. The van der Waals surface area contributed by atoms with Gasteiger partial charge in [-0.15, -0.1) is 0 Å². The van der Waals surface area contributed by atoms with Crippen LogP contribution in [0.1, 0.15) is 40.0 Å². The lowest BCUT2D eigenvalue weighted by Gasteiger charge is -2.28. The molecule has 0 saturated heterocycles. The van der Waals surface area contributed by atoms with Crippen molar-refractivity contribution in [3.05, 3.63) is 0 Å². The zero-order valence-electron chi connectivity index (χ0n) is 12.5. The molecule has 0 radical (unpaired) electrons. The highest BCUT2D eigenvalue weighted by Crippen LogP contribution is 2.05. The molecular weight excluding hydrogens is 264 g/mol. The van der Waals surface area contributed by atoms with Gasteiger partial charge in [0.05, 0.1) is 13.5 Å². The topological polar surface area (TPSA) is 95.9 Å². The molecule has 1 atom stereocenters. The van der Waals surface area contributed by atoms with E-state index >= 15 is 0 Å². The summed E-state index contributed by atoms with van der Waals surface area (Å²) in [5, 5.41) is 11.5. The van der Waals surface area contributed by atoms with E-state index in [2.05, 4.69) is 10.1 Å². The Bertz CT molecular complexity index is 344. The van der Waals surface area contributed by atoms with Crippen molar-refractivity contribution in [2.24, 2.45) is 0 Å². The molecule has 1 unspecified atom stereocenters. The number of methoxy groups -OCH3 is 1. The van der Waals surface area contributed by atoms with Crippen LogP contribution in [0.2, 0.25) is 0 Å². The molecule has 116 valence electrons. The minimum Gasteiger partial charge on any atom is -0.481 e. The quantitative estimate of drug-likeness (QED) is 0.655. The third-order valence-electron chi connectivity index (χ3n) is 2.80. The Morgan fingerprint density at radius 1 is 1.30 bits per heavy atom. The smallest absolute Gasteiger partial charge is 0.325 e. The normalized spacial score (nSPS) is 11.8. The van der Waals surface area contributed by atoms with Gasteiger partial charge in [-0.25, -0.2) is 4.79 Å². The number of nitrogens with one attached hydrogen (secondary N) is 1. The molecule has 7 heteroatoms. The Hall–Kier alpha value is -1.79. The summed E-state index contributed by atoms with van der Waals surface area (Å²) < 4.78 is 4.54. The fourth-order valence-corrected chi connectivity index (χ4v) is 1.73. The van der Waals surface area contributed by atoms with Crippen LogP contribution in [0.25, 0.3) is 0 Å². The first-order valence-electron chi connectivity index (χ1n) is 6.67. The summed E-state index contributed by atoms with van der Waals surface area (Å²) >= 11 is 0. The summed E-state index contributed by atoms with van der Waals surface area (Å²) in [6.07, 6.45) is 1.20. The summed E-state index contributed by atoms with van der Waals surface area (Å²) in [6, 6.07) is -1.09. The molecule has 2 N–H and O–H groups in total. The first-order valence-corrected chi connectivity index (χ1v) is 6.67. The van der Waals surface area contributed by atoms with Crippen LogP contribution in [0, 0.1) is 0 Å². The second-order valence-corrected chi connectivity index (χ2v) is 4.83. The van der Waals surface area contributed by atoms with Crippen molar-refractivity contribution in [2.45, 2.75) is 52.1 Å². The van der Waals surface area contributed by atoms with Crippen LogP contribution in [0.15, 0.2) is 0 Å². The number of rotatable bonds is 8. The molecule has 0 aliphatic rings. The van der Waals surface area contributed by atoms with Gasteiger partial charge < -0.3 is 20.1 Å². The van der Waals surface area contributed by atoms with Gasteiger partial charge in [-0.1, -0.05) is 13.3 Å². The van der Waals surface area contributed by atoms with Gasteiger partial charge in [-0.05, 0) is 20.3 Å². The molecule has 0 aliphatic carbocycles. The van der Waals surface area contributed by atoms with Gasteiger partial charge in [0.25, 0.3) is 0 Å². The summed E-state index contributed by atoms with van der Waals surface area (Å²) in [5.74, 6) is -1.48. The third-order valence-corrected chi connectivity index (χ3v) is 2.80. The molecule has 0 aliphatic heterocycles. The van der Waals surface area contributed by atoms with Crippen LogP contribution < -0.4 is 5.32 Å². The fraction of sp³-hybridized carbons (Fsp3) is 0.769. The minimum atomic E-state index is -0.965. The Labute approximate surface area is 119 Å². The lowest BCUT2D eigenvalue weighted by atomic mass is 10.1. The van der Waals surface area contributed by atoms with E-state index in [1.165, 1.54) is 12.0 Å². The fourth-order valence-electron chi connectivity index (χ4n) is 1.73. The summed E-state index contributed by atoms with van der Waals surface area (Å²) in [4.78, 5) is 35.5. The Balaban J connectivity index is 4.70. The summed E-state index contributed by atoms with van der Waals surface area (Å²) in [7, 11) is 1.25. The van der Waals surface area contributed by atoms with E-state index in [4.69, 9.17) is 5.11 Å².